The summed E-state index contributed by atoms with van der Waals surface area (Å²) < 4.78 is 2.76. The monoisotopic (exact) mass is 703 g/mol. The maximum Gasteiger partial charge on any atom is 0.0980 e. The number of anilines is 2. The summed E-state index contributed by atoms with van der Waals surface area (Å²) in [5, 5.41) is 5.36. The fraction of sp³-hybridized carbons (Fsp3) is 0.102. The zero-order valence-electron chi connectivity index (χ0n) is 29.3. The average Bonchev–Trinajstić information content (AvgIpc) is 3.56. The molecule has 0 saturated carbocycles. The van der Waals surface area contributed by atoms with E-state index in [9.17, 15) is 0 Å². The number of hydrogen-bond donors (Lipinski definition) is 0. The number of fused-ring (bicyclic) bond motifs is 7. The SMILES string of the molecule is CS1(C)C2=C(CC#CC(N(c3cccc(-c4ccccc4)c3)c3ccccc3C3=c4ccccc4=CCC3)=C2)c2c1ccc1c2sc2ccccc21. The third-order valence-electron chi connectivity index (χ3n) is 10.9. The first kappa shape index (κ1) is 31.2. The Bertz CT molecular complexity index is 2860. The molecular weight excluding hydrogens is 667 g/mol. The van der Waals surface area contributed by atoms with Crippen molar-refractivity contribution in [3.8, 4) is 23.0 Å². The molecule has 0 atom stereocenters. The molecule has 250 valence electrons. The van der Waals surface area contributed by atoms with E-state index in [1.54, 1.807) is 0 Å². The summed E-state index contributed by atoms with van der Waals surface area (Å²) in [6, 6.07) is 51.2. The van der Waals surface area contributed by atoms with Gasteiger partial charge in [-0.1, -0.05) is 121 Å². The van der Waals surface area contributed by atoms with Gasteiger partial charge in [-0.05, 0) is 100 Å². The lowest BCUT2D eigenvalue weighted by molar-refractivity contribution is 1.07. The lowest BCUT2D eigenvalue weighted by Crippen LogP contribution is -2.30. The molecule has 0 fully saturated rings. The van der Waals surface area contributed by atoms with Crippen LogP contribution < -0.4 is 15.3 Å². The minimum Gasteiger partial charge on any atom is -0.303 e. The van der Waals surface area contributed by atoms with Gasteiger partial charge in [0.1, 0.15) is 0 Å². The molecule has 0 saturated heterocycles. The minimum atomic E-state index is -1.32. The van der Waals surface area contributed by atoms with Gasteiger partial charge in [-0.3, -0.25) is 0 Å². The van der Waals surface area contributed by atoms with Gasteiger partial charge in [0.25, 0.3) is 0 Å². The van der Waals surface area contributed by atoms with E-state index in [0.29, 0.717) is 0 Å². The van der Waals surface area contributed by atoms with Crippen LogP contribution in [0.3, 0.4) is 0 Å². The standard InChI is InChI=1S/C49H37NS2/c1-52(2)46-30-29-42-41-24-9-11-28-45(41)51-49(42)48(46)43-26-14-21-37(32-47(43)52)50(36-20-12-19-35(31-36)33-15-4-3-5-16-33)44-27-10-8-23-40(44)39-25-13-18-34-17-6-7-22-38(34)39/h3-12,15-20,22-24,27-32H,13,25-26H2,1-2H3. The van der Waals surface area contributed by atoms with E-state index in [1.165, 1.54) is 79.5 Å². The van der Waals surface area contributed by atoms with E-state index < -0.39 is 10.0 Å². The predicted molar refractivity (Wildman–Crippen MR) is 227 cm³/mol. The molecular formula is C49H37NS2. The van der Waals surface area contributed by atoms with Crippen LogP contribution in [0.25, 0.3) is 48.5 Å². The van der Waals surface area contributed by atoms with Gasteiger partial charge in [-0.2, -0.15) is 10.0 Å². The maximum atomic E-state index is 3.76. The molecule has 0 radical (unpaired) electrons. The van der Waals surface area contributed by atoms with E-state index in [2.05, 4.69) is 181 Å². The van der Waals surface area contributed by atoms with Crippen LogP contribution in [0.5, 0.6) is 0 Å². The number of allylic oxidation sites excluding steroid dienone is 3. The Labute approximate surface area is 310 Å². The van der Waals surface area contributed by atoms with Crippen molar-refractivity contribution < 1.29 is 0 Å². The molecule has 52 heavy (non-hydrogen) atoms. The van der Waals surface area contributed by atoms with Gasteiger partial charge in [-0.15, -0.1) is 11.3 Å². The quantitative estimate of drug-likeness (QED) is 0.161. The highest BCUT2D eigenvalue weighted by atomic mass is 32.3. The summed E-state index contributed by atoms with van der Waals surface area (Å²) in [5.74, 6) is 7.47. The van der Waals surface area contributed by atoms with Gasteiger partial charge in [0.2, 0.25) is 0 Å². The average molecular weight is 704 g/mol. The summed E-state index contributed by atoms with van der Waals surface area (Å²) >= 11 is 1.94. The highest BCUT2D eigenvalue weighted by Crippen LogP contribution is 2.68. The zero-order chi connectivity index (χ0) is 34.8. The van der Waals surface area contributed by atoms with Crippen molar-refractivity contribution in [1.82, 2.24) is 0 Å². The first-order valence-electron chi connectivity index (χ1n) is 18.0. The lowest BCUT2D eigenvalue weighted by atomic mass is 9.92. The molecule has 1 aliphatic heterocycles. The Kier molecular flexibility index (Phi) is 7.39. The molecule has 7 aromatic rings. The molecule has 2 heterocycles. The third-order valence-corrected chi connectivity index (χ3v) is 15.0. The third kappa shape index (κ3) is 4.94. The Morgan fingerprint density at radius 2 is 1.48 bits per heavy atom. The van der Waals surface area contributed by atoms with Crippen LogP contribution in [-0.4, -0.2) is 12.5 Å². The zero-order valence-corrected chi connectivity index (χ0v) is 31.0. The first-order chi connectivity index (χ1) is 25.6. The van der Waals surface area contributed by atoms with E-state index in [-0.39, 0.29) is 0 Å². The fourth-order valence-corrected chi connectivity index (χ4v) is 12.4. The van der Waals surface area contributed by atoms with Crippen molar-refractivity contribution in [3.63, 3.8) is 0 Å². The predicted octanol–water partition coefficient (Wildman–Crippen LogP) is 11.8. The number of rotatable bonds is 5. The van der Waals surface area contributed by atoms with E-state index in [0.717, 1.165) is 30.6 Å². The molecule has 0 spiro atoms. The Morgan fingerprint density at radius 1 is 0.692 bits per heavy atom. The summed E-state index contributed by atoms with van der Waals surface area (Å²) in [6.07, 6.45) is 12.6. The molecule has 0 amide bonds. The van der Waals surface area contributed by atoms with Crippen molar-refractivity contribution in [2.45, 2.75) is 24.2 Å². The minimum absolute atomic E-state index is 0.742. The van der Waals surface area contributed by atoms with E-state index in [1.807, 2.05) is 11.3 Å². The lowest BCUT2D eigenvalue weighted by Gasteiger charge is -2.32. The van der Waals surface area contributed by atoms with Gasteiger partial charge < -0.3 is 4.90 Å². The van der Waals surface area contributed by atoms with Gasteiger partial charge in [0.15, 0.2) is 0 Å². The Hall–Kier alpha value is -5.53. The van der Waals surface area contributed by atoms with Crippen LogP contribution in [0.1, 0.15) is 30.4 Å². The number of thiophene rings is 1. The normalized spacial score (nSPS) is 16.2. The van der Waals surface area contributed by atoms with Crippen LogP contribution in [0.15, 0.2) is 161 Å². The highest BCUT2D eigenvalue weighted by Gasteiger charge is 2.36. The Morgan fingerprint density at radius 3 is 2.40 bits per heavy atom. The summed E-state index contributed by atoms with van der Waals surface area (Å²) in [6.45, 7) is 0. The molecule has 0 bridgehead atoms. The number of nitrogens with zero attached hydrogens (tertiary/aromatic N) is 1. The van der Waals surface area contributed by atoms with Crippen molar-refractivity contribution >= 4 is 70.1 Å². The van der Waals surface area contributed by atoms with Crippen LogP contribution in [0, 0.1) is 11.8 Å². The molecule has 0 unspecified atom stereocenters. The molecule has 10 rings (SSSR count). The van der Waals surface area contributed by atoms with Crippen LogP contribution in [0.2, 0.25) is 0 Å². The number of benzene rings is 6. The Balaban J connectivity index is 1.22. The number of para-hydroxylation sites is 1. The van der Waals surface area contributed by atoms with Gasteiger partial charge in [0, 0.05) is 53.2 Å². The number of hydrogen-bond acceptors (Lipinski definition) is 2. The van der Waals surface area contributed by atoms with Crippen molar-refractivity contribution in [1.29, 1.82) is 0 Å². The second-order valence-electron chi connectivity index (χ2n) is 14.2. The van der Waals surface area contributed by atoms with Crippen LogP contribution in [0.4, 0.5) is 11.4 Å². The van der Waals surface area contributed by atoms with Crippen molar-refractivity contribution in [3.05, 3.63) is 178 Å². The van der Waals surface area contributed by atoms with Gasteiger partial charge in [0.05, 0.1) is 11.4 Å². The summed E-state index contributed by atoms with van der Waals surface area (Å²) in [4.78, 5) is 5.37. The van der Waals surface area contributed by atoms with E-state index >= 15 is 0 Å². The molecule has 2 aliphatic carbocycles. The summed E-state index contributed by atoms with van der Waals surface area (Å²) in [5.41, 5.74) is 11.2. The van der Waals surface area contributed by atoms with Gasteiger partial charge in [-0.25, -0.2) is 0 Å². The summed E-state index contributed by atoms with van der Waals surface area (Å²) in [7, 11) is -1.32. The molecule has 0 N–H and O–H groups in total. The maximum absolute atomic E-state index is 3.76. The molecule has 1 nitrogen and oxygen atoms in total. The van der Waals surface area contributed by atoms with Crippen molar-refractivity contribution in [2.24, 2.45) is 0 Å². The molecule has 3 heteroatoms. The van der Waals surface area contributed by atoms with Crippen molar-refractivity contribution in [2.75, 3.05) is 17.4 Å². The molecule has 6 aromatic carbocycles. The molecule has 3 aliphatic rings. The van der Waals surface area contributed by atoms with Crippen LogP contribution in [-0.2, 0) is 0 Å². The van der Waals surface area contributed by atoms with Gasteiger partial charge >= 0.3 is 0 Å². The second-order valence-corrected chi connectivity index (χ2v) is 18.8. The second kappa shape index (κ2) is 12.3. The first-order valence-corrected chi connectivity index (χ1v) is 21.3. The fourth-order valence-electron chi connectivity index (χ4n) is 8.47. The topological polar surface area (TPSA) is 3.24 Å². The largest absolute Gasteiger partial charge is 0.303 e. The molecule has 1 aromatic heterocycles. The smallest absolute Gasteiger partial charge is 0.0980 e. The highest BCUT2D eigenvalue weighted by molar-refractivity contribution is 8.36. The van der Waals surface area contributed by atoms with E-state index in [4.69, 9.17) is 0 Å². The van der Waals surface area contributed by atoms with Crippen LogP contribution >= 0.6 is 21.4 Å².